The van der Waals surface area contributed by atoms with E-state index in [1.165, 1.54) is 17.3 Å². The van der Waals surface area contributed by atoms with Crippen molar-refractivity contribution in [2.24, 2.45) is 0 Å². The fourth-order valence-corrected chi connectivity index (χ4v) is 4.21. The average Bonchev–Trinajstić information content (AvgIpc) is 3.08. The second-order valence-corrected chi connectivity index (χ2v) is 7.32. The summed E-state index contributed by atoms with van der Waals surface area (Å²) in [4.78, 5) is 24.7. The van der Waals surface area contributed by atoms with Gasteiger partial charge in [0.25, 0.3) is 5.24 Å². The van der Waals surface area contributed by atoms with Crippen LogP contribution in [0.2, 0.25) is 0 Å². The van der Waals surface area contributed by atoms with Crippen molar-refractivity contribution in [3.63, 3.8) is 0 Å². The molecule has 110 valence electrons. The number of amides is 2. The van der Waals surface area contributed by atoms with E-state index in [1.54, 1.807) is 16.2 Å². The molecule has 0 spiro atoms. The Morgan fingerprint density at radius 2 is 2.40 bits per heavy atom. The van der Waals surface area contributed by atoms with Crippen molar-refractivity contribution in [1.82, 2.24) is 10.2 Å². The summed E-state index contributed by atoms with van der Waals surface area (Å²) in [5.74, 6) is 2.80. The fraction of sp³-hybridized carbons (Fsp3) is 0.538. The van der Waals surface area contributed by atoms with Crippen LogP contribution in [0.25, 0.3) is 0 Å². The molecule has 1 aromatic heterocycles. The van der Waals surface area contributed by atoms with Gasteiger partial charge < -0.3 is 10.2 Å². The number of carbonyl (C=O) groups is 2. The van der Waals surface area contributed by atoms with Crippen molar-refractivity contribution in [3.8, 4) is 0 Å². The quantitative estimate of drug-likeness (QED) is 0.745. The van der Waals surface area contributed by atoms with Gasteiger partial charge in [-0.15, -0.1) is 0 Å². The first-order valence-corrected chi connectivity index (χ1v) is 9.61. The highest BCUT2D eigenvalue weighted by atomic mass is 32.2. The molecule has 1 saturated heterocycles. The first-order chi connectivity index (χ1) is 9.75. The minimum atomic E-state index is 0.0332. The Balaban J connectivity index is 1.48. The molecule has 0 unspecified atom stereocenters. The molecular formula is C13H18N2O2S3. The molecule has 0 aromatic carbocycles. The van der Waals surface area contributed by atoms with Gasteiger partial charge in [0.15, 0.2) is 0 Å². The Kier molecular flexibility index (Phi) is 6.75. The summed E-state index contributed by atoms with van der Waals surface area (Å²) in [6.07, 6.45) is 0.404. The summed E-state index contributed by atoms with van der Waals surface area (Å²) in [6, 6.07) is 2.13. The number of carbonyl (C=O) groups excluding carboxylic acids is 2. The normalized spacial score (nSPS) is 14.8. The average molecular weight is 330 g/mol. The molecule has 1 N–H and O–H groups in total. The van der Waals surface area contributed by atoms with Crippen LogP contribution in [0.15, 0.2) is 16.8 Å². The van der Waals surface area contributed by atoms with Gasteiger partial charge in [-0.2, -0.15) is 23.1 Å². The van der Waals surface area contributed by atoms with Crippen LogP contribution in [0, 0.1) is 0 Å². The third-order valence-electron chi connectivity index (χ3n) is 2.87. The molecule has 2 rings (SSSR count). The third-order valence-corrected chi connectivity index (χ3v) is 5.53. The number of rotatable bonds is 8. The standard InChI is InChI=1S/C13H18N2O2S3/c16-12(1-4-15-5-8-20-13(15)17)14-3-7-19-10-11-2-6-18-9-11/h2,6,9H,1,3-5,7-8,10H2,(H,14,16). The molecule has 2 amide bonds. The smallest absolute Gasteiger partial charge is 0.281 e. The minimum Gasteiger partial charge on any atom is -0.355 e. The lowest BCUT2D eigenvalue weighted by atomic mass is 10.3. The summed E-state index contributed by atoms with van der Waals surface area (Å²) in [5, 5.41) is 7.23. The van der Waals surface area contributed by atoms with Gasteiger partial charge in [-0.05, 0) is 22.4 Å². The highest BCUT2D eigenvalue weighted by molar-refractivity contribution is 8.13. The summed E-state index contributed by atoms with van der Waals surface area (Å²) in [5.41, 5.74) is 1.34. The predicted molar refractivity (Wildman–Crippen MR) is 87.5 cm³/mol. The van der Waals surface area contributed by atoms with Gasteiger partial charge in [-0.1, -0.05) is 11.8 Å². The maximum absolute atomic E-state index is 11.6. The van der Waals surface area contributed by atoms with Gasteiger partial charge in [0.05, 0.1) is 0 Å². The molecule has 0 saturated carbocycles. The highest BCUT2D eigenvalue weighted by Gasteiger charge is 2.21. The monoisotopic (exact) mass is 330 g/mol. The van der Waals surface area contributed by atoms with E-state index in [0.717, 1.165) is 23.8 Å². The van der Waals surface area contributed by atoms with Crippen LogP contribution in [0.4, 0.5) is 4.79 Å². The summed E-state index contributed by atoms with van der Waals surface area (Å²) < 4.78 is 0. The second-order valence-electron chi connectivity index (χ2n) is 4.39. The molecular weight excluding hydrogens is 312 g/mol. The van der Waals surface area contributed by atoms with Gasteiger partial charge in [-0.25, -0.2) is 0 Å². The maximum atomic E-state index is 11.6. The Labute approximate surface area is 131 Å². The number of nitrogens with one attached hydrogen (secondary N) is 1. The number of thiophene rings is 1. The van der Waals surface area contributed by atoms with E-state index in [9.17, 15) is 9.59 Å². The van der Waals surface area contributed by atoms with E-state index in [-0.39, 0.29) is 11.1 Å². The van der Waals surface area contributed by atoms with Crippen molar-refractivity contribution in [2.75, 3.05) is 31.1 Å². The molecule has 2 heterocycles. The Morgan fingerprint density at radius 1 is 1.50 bits per heavy atom. The van der Waals surface area contributed by atoms with Crippen LogP contribution in [-0.4, -0.2) is 47.2 Å². The zero-order chi connectivity index (χ0) is 14.2. The van der Waals surface area contributed by atoms with Gasteiger partial charge in [-0.3, -0.25) is 9.59 Å². The number of hydrogen-bond donors (Lipinski definition) is 1. The number of thioether (sulfide) groups is 2. The van der Waals surface area contributed by atoms with Crippen LogP contribution in [0.3, 0.4) is 0 Å². The van der Waals surface area contributed by atoms with Crippen molar-refractivity contribution >= 4 is 46.0 Å². The molecule has 1 aromatic rings. The lowest BCUT2D eigenvalue weighted by Crippen LogP contribution is -2.31. The van der Waals surface area contributed by atoms with Crippen molar-refractivity contribution in [1.29, 1.82) is 0 Å². The number of hydrogen-bond acceptors (Lipinski definition) is 5. The molecule has 1 aliphatic heterocycles. The third kappa shape index (κ3) is 5.38. The lowest BCUT2D eigenvalue weighted by Gasteiger charge is -2.13. The maximum Gasteiger partial charge on any atom is 0.281 e. The first-order valence-electron chi connectivity index (χ1n) is 6.53. The van der Waals surface area contributed by atoms with E-state index in [4.69, 9.17) is 0 Å². The van der Waals surface area contributed by atoms with Crippen LogP contribution < -0.4 is 5.32 Å². The molecule has 20 heavy (non-hydrogen) atoms. The molecule has 0 bridgehead atoms. The van der Waals surface area contributed by atoms with Crippen molar-refractivity contribution in [3.05, 3.63) is 22.4 Å². The first kappa shape index (κ1) is 15.7. The minimum absolute atomic E-state index is 0.0332. The fourth-order valence-electron chi connectivity index (χ4n) is 1.78. The summed E-state index contributed by atoms with van der Waals surface area (Å²) in [6.45, 7) is 2.00. The zero-order valence-electron chi connectivity index (χ0n) is 11.2. The molecule has 0 aliphatic carbocycles. The van der Waals surface area contributed by atoms with Crippen LogP contribution in [0.5, 0.6) is 0 Å². The Bertz CT molecular complexity index is 437. The summed E-state index contributed by atoms with van der Waals surface area (Å²) in [7, 11) is 0. The van der Waals surface area contributed by atoms with E-state index in [0.29, 0.717) is 19.5 Å². The molecule has 0 atom stereocenters. The van der Waals surface area contributed by atoms with Crippen LogP contribution >= 0.6 is 34.9 Å². The largest absolute Gasteiger partial charge is 0.355 e. The molecule has 1 fully saturated rings. The van der Waals surface area contributed by atoms with Crippen LogP contribution in [-0.2, 0) is 10.5 Å². The van der Waals surface area contributed by atoms with Gasteiger partial charge in [0.2, 0.25) is 5.91 Å². The van der Waals surface area contributed by atoms with E-state index in [1.807, 2.05) is 11.8 Å². The highest BCUT2D eigenvalue weighted by Crippen LogP contribution is 2.17. The van der Waals surface area contributed by atoms with Gasteiger partial charge in [0, 0.05) is 43.3 Å². The molecule has 7 heteroatoms. The Morgan fingerprint density at radius 3 is 3.10 bits per heavy atom. The van der Waals surface area contributed by atoms with Gasteiger partial charge >= 0.3 is 0 Å². The number of nitrogens with zero attached hydrogens (tertiary/aromatic N) is 1. The van der Waals surface area contributed by atoms with E-state index < -0.39 is 0 Å². The van der Waals surface area contributed by atoms with E-state index in [2.05, 4.69) is 22.1 Å². The molecule has 0 radical (unpaired) electrons. The zero-order valence-corrected chi connectivity index (χ0v) is 13.6. The van der Waals surface area contributed by atoms with E-state index >= 15 is 0 Å². The van der Waals surface area contributed by atoms with Gasteiger partial charge in [0.1, 0.15) is 0 Å². The van der Waals surface area contributed by atoms with Crippen molar-refractivity contribution < 1.29 is 9.59 Å². The molecule has 4 nitrogen and oxygen atoms in total. The second kappa shape index (κ2) is 8.59. The SMILES string of the molecule is O=C(CCN1CCSC1=O)NCCSCc1ccsc1. The molecule has 1 aliphatic rings. The predicted octanol–water partition coefficient (Wildman–Crippen LogP) is 2.66. The summed E-state index contributed by atoms with van der Waals surface area (Å²) >= 11 is 4.86. The van der Waals surface area contributed by atoms with Crippen LogP contribution in [0.1, 0.15) is 12.0 Å². The Hall–Kier alpha value is -0.660. The van der Waals surface area contributed by atoms with Crippen molar-refractivity contribution in [2.45, 2.75) is 12.2 Å². The lowest BCUT2D eigenvalue weighted by molar-refractivity contribution is -0.121. The topological polar surface area (TPSA) is 49.4 Å².